The lowest BCUT2D eigenvalue weighted by Crippen LogP contribution is -2.46. The predicted octanol–water partition coefficient (Wildman–Crippen LogP) is 2.95. The number of rotatable bonds is 6. The van der Waals surface area contributed by atoms with Crippen molar-refractivity contribution in [3.8, 4) is 23.8 Å². The Bertz CT molecular complexity index is 1020. The summed E-state index contributed by atoms with van der Waals surface area (Å²) in [4.78, 5) is 24.2. The van der Waals surface area contributed by atoms with Crippen molar-refractivity contribution in [1.82, 2.24) is 14.8 Å². The number of carbonyl (C=O) groups is 1. The molecule has 2 aromatic rings. The average molecular weight is 443 g/mol. The van der Waals surface area contributed by atoms with Crippen molar-refractivity contribution < 1.29 is 23.4 Å². The fraction of sp³-hybridized carbons (Fsp3) is 0.522. The Morgan fingerprint density at radius 1 is 1.22 bits per heavy atom. The van der Waals surface area contributed by atoms with Crippen LogP contribution in [0.3, 0.4) is 0 Å². The van der Waals surface area contributed by atoms with Gasteiger partial charge < -0.3 is 14.2 Å². The molecule has 4 rings (SSSR count). The van der Waals surface area contributed by atoms with Gasteiger partial charge in [0, 0.05) is 30.7 Å². The highest BCUT2D eigenvalue weighted by molar-refractivity contribution is 5.88. The Morgan fingerprint density at radius 3 is 2.62 bits per heavy atom. The molecule has 0 radical (unpaired) electrons. The van der Waals surface area contributed by atoms with Gasteiger partial charge in [-0.15, -0.1) is 0 Å². The van der Waals surface area contributed by atoms with Crippen LogP contribution < -0.4 is 14.2 Å². The summed E-state index contributed by atoms with van der Waals surface area (Å²) in [7, 11) is 3.18. The first-order chi connectivity index (χ1) is 15.5. The second-order valence-electron chi connectivity index (χ2n) is 8.14. The molecule has 0 N–H and O–H groups in total. The summed E-state index contributed by atoms with van der Waals surface area (Å²) in [5, 5.41) is 0.856. The van der Waals surface area contributed by atoms with Crippen molar-refractivity contribution >= 4 is 16.8 Å². The minimum atomic E-state index is -1.07. The maximum Gasteiger partial charge on any atom is 0.352 e. The van der Waals surface area contributed by atoms with Crippen LogP contribution >= 0.6 is 0 Å². The zero-order valence-electron chi connectivity index (χ0n) is 18.4. The number of fused-ring (bicyclic) bond motifs is 1. The van der Waals surface area contributed by atoms with Gasteiger partial charge >= 0.3 is 6.17 Å². The predicted molar refractivity (Wildman–Crippen MR) is 118 cm³/mol. The number of aromatic nitrogens is 1. The van der Waals surface area contributed by atoms with E-state index in [-0.39, 0.29) is 31.5 Å². The van der Waals surface area contributed by atoms with Crippen LogP contribution in [0.25, 0.3) is 15.7 Å². The third kappa shape index (κ3) is 4.55. The van der Waals surface area contributed by atoms with Gasteiger partial charge in [0.1, 0.15) is 18.0 Å². The lowest BCUT2D eigenvalue weighted by Gasteiger charge is -2.32. The Labute approximate surface area is 186 Å². The lowest BCUT2D eigenvalue weighted by molar-refractivity contribution is -0.133. The largest absolute Gasteiger partial charge is 0.493 e. The molecule has 0 bridgehead atoms. The zero-order chi connectivity index (χ0) is 22.7. The lowest BCUT2D eigenvalue weighted by atomic mass is 10.1. The quantitative estimate of drug-likeness (QED) is 0.684. The van der Waals surface area contributed by atoms with Crippen molar-refractivity contribution in [3.05, 3.63) is 29.2 Å². The van der Waals surface area contributed by atoms with Gasteiger partial charge in [0.2, 0.25) is 5.91 Å². The molecule has 1 aromatic carbocycles. The molecule has 2 aliphatic rings. The van der Waals surface area contributed by atoms with Crippen molar-refractivity contribution in [2.75, 3.05) is 40.4 Å². The topological polar surface area (TPSA) is 68.5 Å². The van der Waals surface area contributed by atoms with Crippen LogP contribution in [0.2, 0.25) is 0 Å². The average Bonchev–Trinajstić information content (AvgIpc) is 3.20. The summed E-state index contributed by atoms with van der Waals surface area (Å²) in [5.74, 6) is 1.84. The summed E-state index contributed by atoms with van der Waals surface area (Å²) >= 11 is 0. The zero-order valence-corrected chi connectivity index (χ0v) is 18.4. The smallest absolute Gasteiger partial charge is 0.352 e. The summed E-state index contributed by atoms with van der Waals surface area (Å²) in [6, 6.07) is 5.55. The highest BCUT2D eigenvalue weighted by Crippen LogP contribution is 2.36. The molecule has 9 heteroatoms. The van der Waals surface area contributed by atoms with Crippen LogP contribution in [0.1, 0.15) is 19.3 Å². The molecule has 1 aromatic heterocycles. The Morgan fingerprint density at radius 2 is 1.94 bits per heavy atom. The van der Waals surface area contributed by atoms with E-state index in [0.717, 1.165) is 29.5 Å². The fourth-order valence-electron chi connectivity index (χ4n) is 4.37. The molecule has 2 saturated heterocycles. The first-order valence-electron chi connectivity index (χ1n) is 10.8. The minimum Gasteiger partial charge on any atom is -0.493 e. The number of alkyl halides is 1. The molecule has 1 amide bonds. The standard InChI is InChI=1S/C23H28FN4O4/c1-25-22-10-15(24)13-28(22)23(29)14-27-8-5-16(6-9-27)32-19-4-7-26-18-12-21(31-3)20(30-2)11-17(18)19/h1,4,7,11-12,15-16,22H,5-6,8-10,13-14H2,2-3H3/q+1/t15-,22-/m0/s1. The number of pyridine rings is 1. The van der Waals surface area contributed by atoms with Crippen molar-refractivity contribution in [2.24, 2.45) is 0 Å². The van der Waals surface area contributed by atoms with E-state index in [9.17, 15) is 9.18 Å². The van der Waals surface area contributed by atoms with Crippen molar-refractivity contribution in [1.29, 1.82) is 0 Å². The molecule has 0 spiro atoms. The van der Waals surface area contributed by atoms with E-state index >= 15 is 0 Å². The van der Waals surface area contributed by atoms with Gasteiger partial charge in [-0.1, -0.05) is 4.85 Å². The molecule has 2 aliphatic heterocycles. The van der Waals surface area contributed by atoms with Crippen molar-refractivity contribution in [3.63, 3.8) is 0 Å². The second kappa shape index (κ2) is 9.57. The number of hydrogen-bond donors (Lipinski definition) is 0. The third-order valence-corrected chi connectivity index (χ3v) is 6.11. The minimum absolute atomic E-state index is 0.0221. The van der Waals surface area contributed by atoms with E-state index in [2.05, 4.69) is 14.7 Å². The molecule has 170 valence electrons. The number of halogens is 1. The molecule has 0 unspecified atom stereocenters. The molecular formula is C23H28FN4O4+. The second-order valence-corrected chi connectivity index (χ2v) is 8.14. The molecule has 8 nitrogen and oxygen atoms in total. The summed E-state index contributed by atoms with van der Waals surface area (Å²) in [6.07, 6.45) is 1.84. The molecule has 0 aliphatic carbocycles. The highest BCUT2D eigenvalue weighted by atomic mass is 19.1. The number of methoxy groups -OCH3 is 2. The number of likely N-dealkylation sites (tertiary alicyclic amines) is 2. The molecule has 2 atom stereocenters. The van der Waals surface area contributed by atoms with Crippen LogP contribution in [0.4, 0.5) is 4.39 Å². The van der Waals surface area contributed by atoms with E-state index in [4.69, 9.17) is 20.8 Å². The van der Waals surface area contributed by atoms with Gasteiger partial charge in [0.25, 0.3) is 6.57 Å². The number of carbonyl (C=O) groups excluding carboxylic acids is 1. The summed E-state index contributed by atoms with van der Waals surface area (Å²) < 4.78 is 30.7. The van der Waals surface area contributed by atoms with Crippen molar-refractivity contribution in [2.45, 2.75) is 37.7 Å². The van der Waals surface area contributed by atoms with Gasteiger partial charge in [0.15, 0.2) is 11.5 Å². The normalized spacial score (nSPS) is 22.0. The van der Waals surface area contributed by atoms with Gasteiger partial charge in [-0.3, -0.25) is 19.6 Å². The molecule has 3 heterocycles. The number of piperidine rings is 1. The number of ether oxygens (including phenoxy) is 3. The van der Waals surface area contributed by atoms with E-state index in [1.54, 1.807) is 20.4 Å². The summed E-state index contributed by atoms with van der Waals surface area (Å²) in [6.45, 7) is 7.07. The number of nitrogens with zero attached hydrogens (tertiary/aromatic N) is 4. The maximum absolute atomic E-state index is 13.7. The van der Waals surface area contributed by atoms with Gasteiger partial charge in [-0.2, -0.15) is 0 Å². The maximum atomic E-state index is 13.7. The monoisotopic (exact) mass is 443 g/mol. The van der Waals surface area contributed by atoms with E-state index < -0.39 is 12.3 Å². The number of amides is 1. The Hall–Kier alpha value is -3.12. The first kappa shape index (κ1) is 22.1. The number of benzene rings is 1. The van der Waals surface area contributed by atoms with Gasteiger partial charge in [-0.25, -0.2) is 4.39 Å². The Kier molecular flexibility index (Phi) is 6.61. The fourth-order valence-corrected chi connectivity index (χ4v) is 4.37. The summed E-state index contributed by atoms with van der Waals surface area (Å²) in [5.41, 5.74) is 0.764. The third-order valence-electron chi connectivity index (χ3n) is 6.11. The SMILES string of the molecule is C#[N+][C@@H]1C[C@H](F)CN1C(=O)CN1CCC(Oc2ccnc3cc(OC)c(OC)cc23)CC1. The van der Waals surface area contributed by atoms with Crippen LogP contribution in [0.15, 0.2) is 24.4 Å². The van der Waals surface area contributed by atoms with Gasteiger partial charge in [0.05, 0.1) is 39.2 Å². The van der Waals surface area contributed by atoms with E-state index in [0.29, 0.717) is 24.6 Å². The van der Waals surface area contributed by atoms with Crippen LogP contribution in [-0.2, 0) is 4.79 Å². The van der Waals surface area contributed by atoms with Gasteiger partial charge in [-0.05, 0) is 25.0 Å². The van der Waals surface area contributed by atoms with E-state index in [1.807, 2.05) is 18.2 Å². The Balaban J connectivity index is 1.37. The molecule has 0 saturated carbocycles. The highest BCUT2D eigenvalue weighted by Gasteiger charge is 2.42. The van der Waals surface area contributed by atoms with Crippen LogP contribution in [-0.4, -0.2) is 79.5 Å². The molecule has 32 heavy (non-hydrogen) atoms. The molecular weight excluding hydrogens is 415 g/mol. The number of hydrogen-bond acceptors (Lipinski definition) is 6. The van der Waals surface area contributed by atoms with Crippen LogP contribution in [0.5, 0.6) is 17.2 Å². The van der Waals surface area contributed by atoms with E-state index in [1.165, 1.54) is 4.90 Å². The first-order valence-corrected chi connectivity index (χ1v) is 10.8. The molecule has 2 fully saturated rings. The van der Waals surface area contributed by atoms with Crippen LogP contribution in [0, 0.1) is 6.57 Å².